The Morgan fingerprint density at radius 3 is 2.42 bits per heavy atom. The molecular weight excluding hydrogens is 286 g/mol. The Bertz CT molecular complexity index is 631. The predicted octanol–water partition coefficient (Wildman–Crippen LogP) is 3.33. The molecule has 2 aromatic rings. The summed E-state index contributed by atoms with van der Waals surface area (Å²) in [5.41, 5.74) is -0.199. The van der Waals surface area contributed by atoms with Crippen molar-refractivity contribution in [2.45, 2.75) is 14.7 Å². The van der Waals surface area contributed by atoms with Gasteiger partial charge in [-0.2, -0.15) is 0 Å². The van der Waals surface area contributed by atoms with Crippen LogP contribution in [0.25, 0.3) is 0 Å². The molecule has 19 heavy (non-hydrogen) atoms. The Morgan fingerprint density at radius 2 is 1.84 bits per heavy atom. The van der Waals surface area contributed by atoms with Crippen molar-refractivity contribution in [3.05, 3.63) is 58.6 Å². The summed E-state index contributed by atoms with van der Waals surface area (Å²) in [6, 6.07) is 13.2. The molecule has 0 aromatic heterocycles. The van der Waals surface area contributed by atoms with Gasteiger partial charge in [-0.1, -0.05) is 30.0 Å². The fourth-order valence-electron chi connectivity index (χ4n) is 1.45. The van der Waals surface area contributed by atoms with Gasteiger partial charge in [0.25, 0.3) is 5.69 Å². The van der Waals surface area contributed by atoms with Crippen molar-refractivity contribution < 1.29 is 13.7 Å². The summed E-state index contributed by atoms with van der Waals surface area (Å²) < 4.78 is 20.5. The van der Waals surface area contributed by atoms with E-state index in [2.05, 4.69) is 0 Å². The third-order valence-electron chi connectivity index (χ3n) is 2.30. The van der Waals surface area contributed by atoms with Crippen LogP contribution in [0.4, 0.5) is 5.69 Å². The van der Waals surface area contributed by atoms with E-state index < -0.39 is 16.0 Å². The molecule has 0 aliphatic carbocycles. The van der Waals surface area contributed by atoms with Crippen LogP contribution >= 0.6 is 11.8 Å². The van der Waals surface area contributed by atoms with E-state index in [0.717, 1.165) is 11.0 Å². The van der Waals surface area contributed by atoms with E-state index in [9.17, 15) is 18.9 Å². The highest BCUT2D eigenvalue weighted by Gasteiger charge is 2.15. The molecule has 0 saturated carbocycles. The van der Waals surface area contributed by atoms with Gasteiger partial charge in [0.05, 0.1) is 9.82 Å². The van der Waals surface area contributed by atoms with Gasteiger partial charge >= 0.3 is 0 Å². The van der Waals surface area contributed by atoms with Gasteiger partial charge in [-0.05, 0) is 18.2 Å². The molecule has 98 valence electrons. The smallest absolute Gasteiger partial charge is 0.270 e. The minimum Gasteiger partial charge on any atom is -0.302 e. The van der Waals surface area contributed by atoms with Crippen molar-refractivity contribution in [1.82, 2.24) is 0 Å². The first kappa shape index (κ1) is 13.7. The Hall–Kier alpha value is -1.70. The zero-order valence-electron chi connectivity index (χ0n) is 9.55. The molecule has 1 N–H and O–H groups in total. The van der Waals surface area contributed by atoms with E-state index in [1.807, 2.05) is 30.3 Å². The van der Waals surface area contributed by atoms with Gasteiger partial charge in [0.15, 0.2) is 11.1 Å². The molecule has 0 aliphatic heterocycles. The summed E-state index contributed by atoms with van der Waals surface area (Å²) in [5.74, 6) is 0. The molecule has 0 amide bonds. The Labute approximate surface area is 116 Å². The van der Waals surface area contributed by atoms with Gasteiger partial charge in [0.1, 0.15) is 0 Å². The molecule has 7 heteroatoms. The lowest BCUT2D eigenvalue weighted by Gasteiger charge is -2.05. The van der Waals surface area contributed by atoms with Gasteiger partial charge in [-0.3, -0.25) is 10.1 Å². The molecule has 0 fully saturated rings. The van der Waals surface area contributed by atoms with Crippen LogP contribution in [-0.2, 0) is 11.1 Å². The molecule has 1 unspecified atom stereocenters. The Balaban J connectivity index is 2.40. The first-order valence-electron chi connectivity index (χ1n) is 5.20. The molecule has 2 rings (SSSR count). The van der Waals surface area contributed by atoms with Crippen molar-refractivity contribution in [3.8, 4) is 0 Å². The number of hydrogen-bond acceptors (Lipinski definition) is 4. The van der Waals surface area contributed by atoms with Crippen LogP contribution in [0.5, 0.6) is 0 Å². The van der Waals surface area contributed by atoms with Crippen LogP contribution in [-0.4, -0.2) is 13.7 Å². The first-order chi connectivity index (χ1) is 9.08. The summed E-state index contributed by atoms with van der Waals surface area (Å²) in [7, 11) is 0. The molecule has 1 atom stereocenters. The van der Waals surface area contributed by atoms with Crippen LogP contribution in [0.2, 0.25) is 0 Å². The lowest BCUT2D eigenvalue weighted by molar-refractivity contribution is -0.385. The number of nitrogens with zero attached hydrogens (tertiary/aromatic N) is 1. The van der Waals surface area contributed by atoms with Gasteiger partial charge in [0, 0.05) is 21.9 Å². The highest BCUT2D eigenvalue weighted by molar-refractivity contribution is 7.99. The molecular formula is C12H9NO4S2. The Morgan fingerprint density at radius 1 is 1.16 bits per heavy atom. The highest BCUT2D eigenvalue weighted by Crippen LogP contribution is 2.33. The Kier molecular flexibility index (Phi) is 4.31. The molecule has 5 nitrogen and oxygen atoms in total. The van der Waals surface area contributed by atoms with Gasteiger partial charge in [0.2, 0.25) is 0 Å². The topological polar surface area (TPSA) is 80.4 Å². The molecule has 0 bridgehead atoms. The SMILES string of the molecule is O=[N+]([O-])c1ccc(Sc2ccccc2)c(S(=O)O)c1. The minimum atomic E-state index is -2.27. The van der Waals surface area contributed by atoms with E-state index in [1.165, 1.54) is 23.9 Å². The maximum absolute atomic E-state index is 11.3. The predicted molar refractivity (Wildman–Crippen MR) is 72.7 cm³/mol. The zero-order valence-corrected chi connectivity index (χ0v) is 11.2. The van der Waals surface area contributed by atoms with Gasteiger partial charge in [-0.15, -0.1) is 0 Å². The monoisotopic (exact) mass is 295 g/mol. The molecule has 2 aromatic carbocycles. The van der Waals surface area contributed by atoms with Crippen molar-refractivity contribution >= 4 is 28.5 Å². The quantitative estimate of drug-likeness (QED) is 0.531. The maximum Gasteiger partial charge on any atom is 0.270 e. The summed E-state index contributed by atoms with van der Waals surface area (Å²) in [6.45, 7) is 0. The van der Waals surface area contributed by atoms with E-state index in [-0.39, 0.29) is 10.6 Å². The first-order valence-corrected chi connectivity index (χ1v) is 7.12. The van der Waals surface area contributed by atoms with Crippen molar-refractivity contribution in [2.75, 3.05) is 0 Å². The lowest BCUT2D eigenvalue weighted by Crippen LogP contribution is -1.95. The average Bonchev–Trinajstić information content (AvgIpc) is 2.39. The van der Waals surface area contributed by atoms with Crippen LogP contribution in [0.15, 0.2) is 63.2 Å². The third kappa shape index (κ3) is 3.40. The molecule has 0 spiro atoms. The maximum atomic E-state index is 11.3. The fourth-order valence-corrected chi connectivity index (χ4v) is 3.09. The second-order valence-electron chi connectivity index (χ2n) is 3.55. The highest BCUT2D eigenvalue weighted by atomic mass is 32.2. The van der Waals surface area contributed by atoms with Crippen molar-refractivity contribution in [1.29, 1.82) is 0 Å². The zero-order chi connectivity index (χ0) is 13.8. The number of nitro groups is 1. The van der Waals surface area contributed by atoms with Crippen LogP contribution < -0.4 is 0 Å². The minimum absolute atomic E-state index is 0.0445. The van der Waals surface area contributed by atoms with Crippen LogP contribution in [0.3, 0.4) is 0 Å². The van der Waals surface area contributed by atoms with Crippen LogP contribution in [0, 0.1) is 10.1 Å². The van der Waals surface area contributed by atoms with E-state index in [4.69, 9.17) is 0 Å². The number of benzene rings is 2. The van der Waals surface area contributed by atoms with E-state index in [0.29, 0.717) is 4.90 Å². The molecule has 0 aliphatic rings. The summed E-state index contributed by atoms with van der Waals surface area (Å²) >= 11 is -0.979. The van der Waals surface area contributed by atoms with Crippen molar-refractivity contribution in [2.24, 2.45) is 0 Å². The average molecular weight is 295 g/mol. The van der Waals surface area contributed by atoms with E-state index in [1.54, 1.807) is 0 Å². The fraction of sp³-hybridized carbons (Fsp3) is 0. The second kappa shape index (κ2) is 5.96. The van der Waals surface area contributed by atoms with Crippen molar-refractivity contribution in [3.63, 3.8) is 0 Å². The normalized spacial score (nSPS) is 12.1. The van der Waals surface area contributed by atoms with Gasteiger partial charge in [-0.25, -0.2) is 4.21 Å². The summed E-state index contributed by atoms with van der Waals surface area (Å²) in [6.07, 6.45) is 0. The molecule has 0 radical (unpaired) electrons. The molecule has 0 saturated heterocycles. The third-order valence-corrected chi connectivity index (χ3v) is 4.22. The summed E-state index contributed by atoms with van der Waals surface area (Å²) in [4.78, 5) is 11.5. The summed E-state index contributed by atoms with van der Waals surface area (Å²) in [5, 5.41) is 10.7. The second-order valence-corrected chi connectivity index (χ2v) is 5.61. The number of nitro benzene ring substituents is 1. The van der Waals surface area contributed by atoms with Gasteiger partial charge < -0.3 is 4.55 Å². The standard InChI is InChI=1S/C12H9NO4S2/c14-13(15)9-6-7-11(12(8-9)19(16)17)18-10-4-2-1-3-5-10/h1-8H,(H,16,17). The van der Waals surface area contributed by atoms with E-state index >= 15 is 0 Å². The van der Waals surface area contributed by atoms with Crippen LogP contribution in [0.1, 0.15) is 0 Å². The lowest BCUT2D eigenvalue weighted by atomic mass is 10.3. The molecule has 0 heterocycles. The largest absolute Gasteiger partial charge is 0.302 e. The number of non-ortho nitro benzene ring substituents is 1. The number of hydrogen-bond donors (Lipinski definition) is 1. The number of rotatable bonds is 4.